The summed E-state index contributed by atoms with van der Waals surface area (Å²) in [7, 11) is 0. The lowest BCUT2D eigenvalue weighted by molar-refractivity contribution is -0.275. The molecule has 0 saturated carbocycles. The van der Waals surface area contributed by atoms with Crippen LogP contribution in [0.5, 0.6) is 5.75 Å². The highest BCUT2D eigenvalue weighted by Crippen LogP contribution is 2.28. The minimum Gasteiger partial charge on any atom is -0.403 e. The van der Waals surface area contributed by atoms with Crippen LogP contribution < -0.4 is 10.5 Å². The van der Waals surface area contributed by atoms with E-state index in [4.69, 9.17) is 5.73 Å². The van der Waals surface area contributed by atoms with Gasteiger partial charge in [-0.1, -0.05) is 19.4 Å². The number of nitrogens with two attached hydrogens (primary N) is 1. The van der Waals surface area contributed by atoms with Crippen LogP contribution in [0.3, 0.4) is 0 Å². The summed E-state index contributed by atoms with van der Waals surface area (Å²) in [6.07, 6.45) is -3.45. The van der Waals surface area contributed by atoms with E-state index < -0.39 is 17.9 Å². The van der Waals surface area contributed by atoms with Crippen LogP contribution in [0.2, 0.25) is 0 Å². The van der Waals surface area contributed by atoms with Gasteiger partial charge in [0.05, 0.1) is 0 Å². The molecular formula is C11H14ClF4NO. The molecule has 0 fully saturated rings. The Morgan fingerprint density at radius 2 is 1.94 bits per heavy atom. The fourth-order valence-corrected chi connectivity index (χ4v) is 1.43. The number of rotatable bonds is 4. The van der Waals surface area contributed by atoms with E-state index in [1.54, 1.807) is 0 Å². The lowest BCUT2D eigenvalue weighted by atomic mass is 10.0. The maximum absolute atomic E-state index is 13.3. The Labute approximate surface area is 109 Å². The van der Waals surface area contributed by atoms with Gasteiger partial charge in [0.2, 0.25) is 0 Å². The SMILES string of the molecule is CCC[C@@H](N)c1ccc(OC(F)(F)F)c(F)c1.Cl. The van der Waals surface area contributed by atoms with Gasteiger partial charge in [0, 0.05) is 6.04 Å². The van der Waals surface area contributed by atoms with Gasteiger partial charge in [0.25, 0.3) is 0 Å². The Bertz CT molecular complexity index is 384. The summed E-state index contributed by atoms with van der Waals surface area (Å²) in [6, 6.07) is 2.87. The Morgan fingerprint density at radius 1 is 1.33 bits per heavy atom. The smallest absolute Gasteiger partial charge is 0.403 e. The van der Waals surface area contributed by atoms with E-state index in [1.807, 2.05) is 6.92 Å². The molecule has 104 valence electrons. The van der Waals surface area contributed by atoms with Crippen molar-refractivity contribution in [2.45, 2.75) is 32.2 Å². The molecule has 0 aromatic heterocycles. The molecule has 0 saturated heterocycles. The van der Waals surface area contributed by atoms with Crippen molar-refractivity contribution in [3.63, 3.8) is 0 Å². The van der Waals surface area contributed by atoms with Gasteiger partial charge in [-0.25, -0.2) is 4.39 Å². The van der Waals surface area contributed by atoms with Crippen molar-refractivity contribution < 1.29 is 22.3 Å². The lowest BCUT2D eigenvalue weighted by Crippen LogP contribution is -2.18. The summed E-state index contributed by atoms with van der Waals surface area (Å²) >= 11 is 0. The van der Waals surface area contributed by atoms with Crippen molar-refractivity contribution in [2.24, 2.45) is 5.73 Å². The number of halogens is 5. The van der Waals surface area contributed by atoms with E-state index in [0.717, 1.165) is 18.6 Å². The minimum absolute atomic E-state index is 0. The fraction of sp³-hybridized carbons (Fsp3) is 0.455. The molecule has 0 unspecified atom stereocenters. The number of hydrogen-bond donors (Lipinski definition) is 1. The Kier molecular flexibility index (Phi) is 6.42. The molecule has 7 heteroatoms. The summed E-state index contributed by atoms with van der Waals surface area (Å²) in [5.74, 6) is -1.91. The van der Waals surface area contributed by atoms with E-state index in [9.17, 15) is 17.6 Å². The van der Waals surface area contributed by atoms with E-state index in [0.29, 0.717) is 12.0 Å². The van der Waals surface area contributed by atoms with Crippen molar-refractivity contribution in [2.75, 3.05) is 0 Å². The number of alkyl halides is 3. The summed E-state index contributed by atoms with van der Waals surface area (Å²) in [4.78, 5) is 0. The molecule has 0 aliphatic carbocycles. The highest BCUT2D eigenvalue weighted by molar-refractivity contribution is 5.85. The van der Waals surface area contributed by atoms with E-state index in [2.05, 4.69) is 4.74 Å². The topological polar surface area (TPSA) is 35.2 Å². The third kappa shape index (κ3) is 5.10. The summed E-state index contributed by atoms with van der Waals surface area (Å²) in [5, 5.41) is 0. The van der Waals surface area contributed by atoms with Gasteiger partial charge in [-0.05, 0) is 24.1 Å². The van der Waals surface area contributed by atoms with Crippen LogP contribution in [0.15, 0.2) is 18.2 Å². The van der Waals surface area contributed by atoms with Crippen LogP contribution >= 0.6 is 12.4 Å². The molecule has 1 atom stereocenters. The summed E-state index contributed by atoms with van der Waals surface area (Å²) in [5.41, 5.74) is 6.18. The van der Waals surface area contributed by atoms with Crippen molar-refractivity contribution in [1.82, 2.24) is 0 Å². The third-order valence-electron chi connectivity index (χ3n) is 2.21. The lowest BCUT2D eigenvalue weighted by Gasteiger charge is -2.13. The number of benzene rings is 1. The Hall–Kier alpha value is -1.01. The molecule has 0 spiro atoms. The molecule has 2 nitrogen and oxygen atoms in total. The molecule has 0 aliphatic heterocycles. The first-order chi connectivity index (χ1) is 7.83. The third-order valence-corrected chi connectivity index (χ3v) is 2.21. The Morgan fingerprint density at radius 3 is 2.39 bits per heavy atom. The van der Waals surface area contributed by atoms with Crippen LogP contribution in [0.4, 0.5) is 17.6 Å². The summed E-state index contributed by atoms with van der Waals surface area (Å²) < 4.78 is 52.5. The average molecular weight is 288 g/mol. The van der Waals surface area contributed by atoms with Gasteiger partial charge in [-0.15, -0.1) is 25.6 Å². The van der Waals surface area contributed by atoms with Crippen LogP contribution in [-0.4, -0.2) is 6.36 Å². The highest BCUT2D eigenvalue weighted by atomic mass is 35.5. The zero-order valence-electron chi connectivity index (χ0n) is 9.63. The van der Waals surface area contributed by atoms with Crippen molar-refractivity contribution in [3.05, 3.63) is 29.6 Å². The Balaban J connectivity index is 0.00000289. The second-order valence-corrected chi connectivity index (χ2v) is 3.63. The predicted molar refractivity (Wildman–Crippen MR) is 62.2 cm³/mol. The van der Waals surface area contributed by atoms with Gasteiger partial charge in [-0.2, -0.15) is 0 Å². The molecule has 0 heterocycles. The second kappa shape index (κ2) is 6.80. The van der Waals surface area contributed by atoms with Crippen LogP contribution in [0, 0.1) is 5.82 Å². The average Bonchev–Trinajstić information content (AvgIpc) is 2.19. The summed E-state index contributed by atoms with van der Waals surface area (Å²) in [6.45, 7) is 1.91. The molecule has 0 aliphatic rings. The van der Waals surface area contributed by atoms with E-state index in [1.165, 1.54) is 6.07 Å². The zero-order valence-corrected chi connectivity index (χ0v) is 10.4. The number of hydrogen-bond acceptors (Lipinski definition) is 2. The predicted octanol–water partition coefficient (Wildman–Crippen LogP) is 3.95. The number of ether oxygens (including phenoxy) is 1. The largest absolute Gasteiger partial charge is 0.573 e. The first-order valence-corrected chi connectivity index (χ1v) is 5.14. The van der Waals surface area contributed by atoms with Gasteiger partial charge in [0.15, 0.2) is 11.6 Å². The van der Waals surface area contributed by atoms with E-state index in [-0.39, 0.29) is 18.4 Å². The maximum Gasteiger partial charge on any atom is 0.573 e. The molecule has 2 N–H and O–H groups in total. The standard InChI is InChI=1S/C11H13F4NO.ClH/c1-2-3-9(16)7-4-5-10(8(12)6-7)17-11(13,14)15;/h4-6,9H,2-3,16H2,1H3;1H/t9-;/m1./s1. The molecule has 1 aromatic carbocycles. The molecule has 0 radical (unpaired) electrons. The van der Waals surface area contributed by atoms with Crippen LogP contribution in [0.1, 0.15) is 31.4 Å². The molecule has 0 amide bonds. The zero-order chi connectivity index (χ0) is 13.1. The normalized spacial score (nSPS) is 12.8. The van der Waals surface area contributed by atoms with Gasteiger partial charge >= 0.3 is 6.36 Å². The monoisotopic (exact) mass is 287 g/mol. The second-order valence-electron chi connectivity index (χ2n) is 3.63. The maximum atomic E-state index is 13.3. The molecule has 0 bridgehead atoms. The van der Waals surface area contributed by atoms with Crippen LogP contribution in [0.25, 0.3) is 0 Å². The first kappa shape index (κ1) is 17.0. The van der Waals surface area contributed by atoms with Crippen molar-refractivity contribution in [1.29, 1.82) is 0 Å². The van der Waals surface area contributed by atoms with Gasteiger partial charge < -0.3 is 10.5 Å². The fourth-order valence-electron chi connectivity index (χ4n) is 1.43. The molecule has 18 heavy (non-hydrogen) atoms. The quantitative estimate of drug-likeness (QED) is 0.851. The minimum atomic E-state index is -4.89. The van der Waals surface area contributed by atoms with Crippen molar-refractivity contribution >= 4 is 12.4 Å². The van der Waals surface area contributed by atoms with Crippen LogP contribution in [-0.2, 0) is 0 Å². The first-order valence-electron chi connectivity index (χ1n) is 5.14. The molecule has 1 aromatic rings. The van der Waals surface area contributed by atoms with Gasteiger partial charge in [-0.3, -0.25) is 0 Å². The van der Waals surface area contributed by atoms with E-state index >= 15 is 0 Å². The molecule has 1 rings (SSSR count). The molecular weight excluding hydrogens is 274 g/mol. The van der Waals surface area contributed by atoms with Gasteiger partial charge in [0.1, 0.15) is 0 Å². The van der Waals surface area contributed by atoms with Crippen molar-refractivity contribution in [3.8, 4) is 5.75 Å². The highest BCUT2D eigenvalue weighted by Gasteiger charge is 2.32.